The van der Waals surface area contributed by atoms with Crippen LogP contribution < -0.4 is 10.9 Å². The van der Waals surface area contributed by atoms with E-state index in [0.29, 0.717) is 52.4 Å². The van der Waals surface area contributed by atoms with Gasteiger partial charge in [-0.1, -0.05) is 42.2 Å². The number of hydrogen-bond acceptors (Lipinski definition) is 6. The molecule has 1 aliphatic heterocycles. The summed E-state index contributed by atoms with van der Waals surface area (Å²) >= 11 is 0. The van der Waals surface area contributed by atoms with Crippen LogP contribution in [0.4, 0.5) is 0 Å². The first-order valence-electron chi connectivity index (χ1n) is 14.0. The van der Waals surface area contributed by atoms with Gasteiger partial charge in [0.2, 0.25) is 0 Å². The molecule has 1 amide bonds. The lowest BCUT2D eigenvalue weighted by atomic mass is 10.0. The molecule has 10 nitrogen and oxygen atoms in total. The van der Waals surface area contributed by atoms with Gasteiger partial charge in [-0.25, -0.2) is 9.50 Å². The van der Waals surface area contributed by atoms with E-state index in [-0.39, 0.29) is 17.5 Å². The molecule has 212 valence electrons. The summed E-state index contributed by atoms with van der Waals surface area (Å²) in [5.74, 6) is 6.05. The molecule has 0 unspecified atom stereocenters. The lowest BCUT2D eigenvalue weighted by Gasteiger charge is -2.25. The van der Waals surface area contributed by atoms with Crippen LogP contribution in [0.25, 0.3) is 22.1 Å². The molecular formula is C33H27N7O3. The van der Waals surface area contributed by atoms with Gasteiger partial charge in [0.05, 0.1) is 48.1 Å². The fraction of sp³-hybridized carbons (Fsp3) is 0.182. The lowest BCUT2D eigenvalue weighted by molar-refractivity contribution is -0.0286. The highest BCUT2D eigenvalue weighted by atomic mass is 16.5. The number of amides is 1. The SMILES string of the molecule is Cc1nn2cccnc2c1C(=O)N[C@@H](C)c1cc2cccc(C#Cc3cnn(C4COC4)c3)c2c(=O)n1-c1ccccc1. The minimum Gasteiger partial charge on any atom is -0.377 e. The van der Waals surface area contributed by atoms with Gasteiger partial charge in [-0.15, -0.1) is 0 Å². The molecule has 2 aromatic carbocycles. The molecule has 7 rings (SSSR count). The van der Waals surface area contributed by atoms with E-state index in [9.17, 15) is 9.59 Å². The molecule has 0 saturated carbocycles. The van der Waals surface area contributed by atoms with Crippen LogP contribution in [0, 0.1) is 18.8 Å². The van der Waals surface area contributed by atoms with Crippen molar-refractivity contribution in [3.63, 3.8) is 0 Å². The number of rotatable bonds is 5. The maximum Gasteiger partial charge on any atom is 0.264 e. The van der Waals surface area contributed by atoms with Crippen molar-refractivity contribution in [2.45, 2.75) is 25.9 Å². The van der Waals surface area contributed by atoms with Crippen molar-refractivity contribution >= 4 is 22.3 Å². The van der Waals surface area contributed by atoms with Crippen molar-refractivity contribution in [2.24, 2.45) is 0 Å². The number of ether oxygens (including phenoxy) is 1. The minimum atomic E-state index is -0.529. The number of fused-ring (bicyclic) bond motifs is 2. The van der Waals surface area contributed by atoms with Gasteiger partial charge in [-0.3, -0.25) is 18.8 Å². The molecule has 1 atom stereocenters. The number of aryl methyl sites for hydroxylation is 1. The highest BCUT2D eigenvalue weighted by Crippen LogP contribution is 2.24. The Hall–Kier alpha value is -5.53. The topological polar surface area (TPSA) is 108 Å². The van der Waals surface area contributed by atoms with Gasteiger partial charge >= 0.3 is 0 Å². The van der Waals surface area contributed by atoms with Crippen LogP contribution in [0.15, 0.2) is 90.2 Å². The largest absolute Gasteiger partial charge is 0.377 e. The first kappa shape index (κ1) is 26.4. The van der Waals surface area contributed by atoms with Gasteiger partial charge in [0.25, 0.3) is 11.5 Å². The van der Waals surface area contributed by atoms with Crippen LogP contribution in [0.1, 0.15) is 51.9 Å². The molecule has 1 saturated heterocycles. The van der Waals surface area contributed by atoms with Crippen LogP contribution in [0.2, 0.25) is 0 Å². The average Bonchev–Trinajstić information content (AvgIpc) is 3.58. The summed E-state index contributed by atoms with van der Waals surface area (Å²) in [6.07, 6.45) is 7.00. The Labute approximate surface area is 246 Å². The second-order valence-electron chi connectivity index (χ2n) is 10.5. The molecule has 5 heterocycles. The summed E-state index contributed by atoms with van der Waals surface area (Å²) < 4.78 is 10.4. The molecule has 4 aromatic heterocycles. The molecule has 0 aliphatic carbocycles. The number of hydrogen-bond donors (Lipinski definition) is 1. The third-order valence-electron chi connectivity index (χ3n) is 7.62. The van der Waals surface area contributed by atoms with E-state index in [1.807, 2.05) is 72.4 Å². The van der Waals surface area contributed by atoms with Crippen LogP contribution in [0.5, 0.6) is 0 Å². The monoisotopic (exact) mass is 569 g/mol. The van der Waals surface area contributed by atoms with Gasteiger partial charge in [-0.05, 0) is 49.6 Å². The number of pyridine rings is 1. The lowest BCUT2D eigenvalue weighted by Crippen LogP contribution is -2.32. The predicted octanol–water partition coefficient (Wildman–Crippen LogP) is 4.00. The molecule has 0 bridgehead atoms. The summed E-state index contributed by atoms with van der Waals surface area (Å²) in [5, 5.41) is 13.1. The minimum absolute atomic E-state index is 0.221. The zero-order valence-electron chi connectivity index (χ0n) is 23.6. The third kappa shape index (κ3) is 4.75. The van der Waals surface area contributed by atoms with Gasteiger partial charge in [0, 0.05) is 35.5 Å². The van der Waals surface area contributed by atoms with E-state index in [2.05, 4.69) is 32.3 Å². The van der Waals surface area contributed by atoms with Crippen molar-refractivity contribution in [3.8, 4) is 17.5 Å². The van der Waals surface area contributed by atoms with Crippen LogP contribution >= 0.6 is 0 Å². The maximum atomic E-state index is 14.3. The van der Waals surface area contributed by atoms with Gasteiger partial charge in [0.1, 0.15) is 5.56 Å². The molecule has 1 aliphatic rings. The Balaban J connectivity index is 1.31. The number of benzene rings is 2. The fourth-order valence-electron chi connectivity index (χ4n) is 5.37. The second kappa shape index (κ2) is 10.7. The summed E-state index contributed by atoms with van der Waals surface area (Å²) in [6, 6.07) is 18.4. The molecule has 0 radical (unpaired) electrons. The summed E-state index contributed by atoms with van der Waals surface area (Å²) in [7, 11) is 0. The second-order valence-corrected chi connectivity index (χ2v) is 10.5. The molecule has 10 heteroatoms. The van der Waals surface area contributed by atoms with E-state index in [1.165, 1.54) is 0 Å². The molecule has 1 fully saturated rings. The summed E-state index contributed by atoms with van der Waals surface area (Å²) in [4.78, 5) is 32.2. The Morgan fingerprint density at radius 3 is 2.72 bits per heavy atom. The van der Waals surface area contributed by atoms with Crippen LogP contribution in [0.3, 0.4) is 0 Å². The van der Waals surface area contributed by atoms with Gasteiger partial charge < -0.3 is 10.1 Å². The first-order valence-corrected chi connectivity index (χ1v) is 14.0. The standard InChI is InChI=1S/C33H27N7O3/c1-21(36-32(41)29-22(2)37-38-15-7-14-34-31(29)38)28-16-25-9-6-8-24(13-12-23-17-35-39(18-23)27-19-43-20-27)30(25)33(42)40(28)26-10-4-3-5-11-26/h3-11,14-18,21,27H,19-20H2,1-2H3,(H,36,41)/t21-/m0/s1. The van der Waals surface area contributed by atoms with Crippen molar-refractivity contribution in [1.29, 1.82) is 0 Å². The number of nitrogens with zero attached hydrogens (tertiary/aromatic N) is 6. The number of carbonyl (C=O) groups excluding carboxylic acids is 1. The van der Waals surface area contributed by atoms with E-state index >= 15 is 0 Å². The quantitative estimate of drug-likeness (QED) is 0.315. The molecular weight excluding hydrogens is 542 g/mol. The average molecular weight is 570 g/mol. The Morgan fingerprint density at radius 2 is 1.93 bits per heavy atom. The zero-order chi connectivity index (χ0) is 29.5. The highest BCUT2D eigenvalue weighted by Gasteiger charge is 2.24. The molecule has 1 N–H and O–H groups in total. The normalized spacial score (nSPS) is 13.8. The summed E-state index contributed by atoms with van der Waals surface area (Å²) in [6.45, 7) is 4.93. The number of carbonyl (C=O) groups is 1. The molecule has 6 aromatic rings. The van der Waals surface area contributed by atoms with E-state index < -0.39 is 6.04 Å². The van der Waals surface area contributed by atoms with Crippen molar-refractivity contribution in [1.82, 2.24) is 34.3 Å². The van der Waals surface area contributed by atoms with Crippen LogP contribution in [-0.2, 0) is 4.74 Å². The number of aromatic nitrogens is 6. The van der Waals surface area contributed by atoms with Crippen molar-refractivity contribution in [2.75, 3.05) is 13.2 Å². The smallest absolute Gasteiger partial charge is 0.264 e. The number of para-hydroxylation sites is 1. The van der Waals surface area contributed by atoms with E-state index in [1.54, 1.807) is 40.7 Å². The van der Waals surface area contributed by atoms with E-state index in [0.717, 1.165) is 10.9 Å². The highest BCUT2D eigenvalue weighted by molar-refractivity contribution is 6.01. The maximum absolute atomic E-state index is 14.3. The van der Waals surface area contributed by atoms with E-state index in [4.69, 9.17) is 4.74 Å². The third-order valence-corrected chi connectivity index (χ3v) is 7.62. The Kier molecular flexibility index (Phi) is 6.57. The first-order chi connectivity index (χ1) is 21.0. The van der Waals surface area contributed by atoms with Gasteiger partial charge in [-0.2, -0.15) is 10.2 Å². The van der Waals surface area contributed by atoms with Gasteiger partial charge in [0.15, 0.2) is 5.65 Å². The number of nitrogens with one attached hydrogen (secondary N) is 1. The predicted molar refractivity (Wildman–Crippen MR) is 161 cm³/mol. The molecule has 43 heavy (non-hydrogen) atoms. The Bertz CT molecular complexity index is 2130. The summed E-state index contributed by atoms with van der Waals surface area (Å²) in [5.41, 5.74) is 3.91. The van der Waals surface area contributed by atoms with Crippen molar-refractivity contribution in [3.05, 3.63) is 124 Å². The zero-order valence-corrected chi connectivity index (χ0v) is 23.6. The Morgan fingerprint density at radius 1 is 1.09 bits per heavy atom. The molecule has 0 spiro atoms. The fourth-order valence-corrected chi connectivity index (χ4v) is 5.37. The van der Waals surface area contributed by atoms with Crippen molar-refractivity contribution < 1.29 is 9.53 Å². The van der Waals surface area contributed by atoms with Crippen LogP contribution in [-0.4, -0.2) is 48.1 Å².